The molecule has 1 aliphatic rings. The molecule has 0 saturated heterocycles. The maximum atomic E-state index is 9.76. The monoisotopic (exact) mass is 344 g/mol. The van der Waals surface area contributed by atoms with Crippen LogP contribution in [0.5, 0.6) is 23.0 Å². The molecule has 25 heavy (non-hydrogen) atoms. The number of benzene rings is 2. The molecule has 0 spiro atoms. The Balaban J connectivity index is 1.94. The fourth-order valence-electron chi connectivity index (χ4n) is 2.73. The molecule has 2 unspecified atom stereocenters. The summed E-state index contributed by atoms with van der Waals surface area (Å²) in [5.41, 5.74) is 1.58. The van der Waals surface area contributed by atoms with Gasteiger partial charge in [-0.1, -0.05) is 24.3 Å². The number of ether oxygens (including phenoxy) is 3. The molecule has 3 rings (SSSR count). The molecule has 3 N–H and O–H groups in total. The van der Waals surface area contributed by atoms with E-state index in [9.17, 15) is 10.2 Å². The Morgan fingerprint density at radius 3 is 2.64 bits per heavy atom. The minimum absolute atomic E-state index is 0.0281. The second-order valence-electron chi connectivity index (χ2n) is 5.60. The number of aliphatic hydroxyl groups is 2. The lowest BCUT2D eigenvalue weighted by Gasteiger charge is -2.33. The Morgan fingerprint density at radius 2 is 1.92 bits per heavy atom. The predicted molar refractivity (Wildman–Crippen MR) is 92.1 cm³/mol. The highest BCUT2D eigenvalue weighted by molar-refractivity contribution is 5.56. The lowest BCUT2D eigenvalue weighted by Crippen LogP contribution is -2.36. The van der Waals surface area contributed by atoms with Crippen LogP contribution in [0.15, 0.2) is 42.5 Å². The van der Waals surface area contributed by atoms with Crippen LogP contribution in [-0.4, -0.2) is 41.7 Å². The number of methoxy groups -OCH3 is 1. The van der Waals surface area contributed by atoms with Gasteiger partial charge in [0.1, 0.15) is 0 Å². The molecule has 0 aliphatic carbocycles. The molecule has 2 aromatic carbocycles. The Kier molecular flexibility index (Phi) is 5.11. The molecule has 6 heteroatoms. The van der Waals surface area contributed by atoms with Crippen LogP contribution in [-0.2, 0) is 0 Å². The molecule has 6 nitrogen and oxygen atoms in total. The van der Waals surface area contributed by atoms with Crippen LogP contribution in [0.1, 0.15) is 17.2 Å². The molecule has 1 heterocycles. The Hall–Kier alpha value is -2.70. The highest BCUT2D eigenvalue weighted by atomic mass is 16.6. The molecule has 2 atom stereocenters. The van der Waals surface area contributed by atoms with Gasteiger partial charge < -0.3 is 29.5 Å². The molecule has 132 valence electrons. The lowest BCUT2D eigenvalue weighted by molar-refractivity contribution is -0.0124. The standard InChI is InChI=1S/C19H20O6/c1-23-16-10-13(5-6-14(16)22)19-18(11-21)24-15-7-4-12(3-2-8-20)9-17(15)25-19/h2-7,9-10,18-22H,8,11H2,1H3/b3-2+. The van der Waals surface area contributed by atoms with E-state index in [2.05, 4.69) is 0 Å². The molecular formula is C19H20O6. The second kappa shape index (κ2) is 7.46. The van der Waals surface area contributed by atoms with Gasteiger partial charge in [0, 0.05) is 5.56 Å². The average molecular weight is 344 g/mol. The van der Waals surface area contributed by atoms with E-state index in [1.165, 1.54) is 13.2 Å². The first-order valence-corrected chi connectivity index (χ1v) is 7.88. The van der Waals surface area contributed by atoms with Crippen molar-refractivity contribution in [1.29, 1.82) is 0 Å². The molecule has 0 saturated carbocycles. The van der Waals surface area contributed by atoms with E-state index in [0.29, 0.717) is 17.2 Å². The van der Waals surface area contributed by atoms with Gasteiger partial charge in [0.15, 0.2) is 35.2 Å². The van der Waals surface area contributed by atoms with E-state index in [-0.39, 0.29) is 19.0 Å². The maximum Gasteiger partial charge on any atom is 0.163 e. The van der Waals surface area contributed by atoms with Crippen molar-refractivity contribution in [2.45, 2.75) is 12.2 Å². The first-order chi connectivity index (χ1) is 12.2. The quantitative estimate of drug-likeness (QED) is 0.771. The van der Waals surface area contributed by atoms with Crippen molar-refractivity contribution < 1.29 is 29.5 Å². The third kappa shape index (κ3) is 3.55. The molecule has 0 radical (unpaired) electrons. The number of phenolic OH excluding ortho intramolecular Hbond substituents is 1. The van der Waals surface area contributed by atoms with Gasteiger partial charge in [0.05, 0.1) is 20.3 Å². The highest BCUT2D eigenvalue weighted by Gasteiger charge is 2.33. The third-order valence-electron chi connectivity index (χ3n) is 3.97. The number of hydrogen-bond acceptors (Lipinski definition) is 6. The number of fused-ring (bicyclic) bond motifs is 1. The van der Waals surface area contributed by atoms with Crippen molar-refractivity contribution in [3.63, 3.8) is 0 Å². The van der Waals surface area contributed by atoms with Crippen LogP contribution < -0.4 is 14.2 Å². The van der Waals surface area contributed by atoms with E-state index in [4.69, 9.17) is 19.3 Å². The summed E-state index contributed by atoms with van der Waals surface area (Å²) in [7, 11) is 1.47. The van der Waals surface area contributed by atoms with Gasteiger partial charge in [-0.15, -0.1) is 0 Å². The number of aromatic hydroxyl groups is 1. The largest absolute Gasteiger partial charge is 0.504 e. The van der Waals surface area contributed by atoms with E-state index in [0.717, 1.165) is 11.1 Å². The zero-order valence-corrected chi connectivity index (χ0v) is 13.8. The summed E-state index contributed by atoms with van der Waals surface area (Å²) in [4.78, 5) is 0. The predicted octanol–water partition coefficient (Wildman–Crippen LogP) is 2.28. The summed E-state index contributed by atoms with van der Waals surface area (Å²) in [6.45, 7) is -0.267. The SMILES string of the molecule is COc1cc(C2Oc3cc(/C=C/CO)ccc3OC2CO)ccc1O. The average Bonchev–Trinajstić information content (AvgIpc) is 2.65. The molecule has 2 aromatic rings. The zero-order valence-electron chi connectivity index (χ0n) is 13.8. The van der Waals surface area contributed by atoms with Crippen LogP contribution in [0, 0.1) is 0 Å². The minimum Gasteiger partial charge on any atom is -0.504 e. The van der Waals surface area contributed by atoms with E-state index >= 15 is 0 Å². The van der Waals surface area contributed by atoms with Crippen LogP contribution in [0.25, 0.3) is 6.08 Å². The first kappa shape index (κ1) is 17.1. The molecule has 0 fully saturated rings. The Bertz CT molecular complexity index is 771. The van der Waals surface area contributed by atoms with Crippen LogP contribution in [0.4, 0.5) is 0 Å². The van der Waals surface area contributed by atoms with Crippen molar-refractivity contribution in [2.75, 3.05) is 20.3 Å². The van der Waals surface area contributed by atoms with Gasteiger partial charge in [-0.05, 0) is 29.8 Å². The molecule has 1 aliphatic heterocycles. The van der Waals surface area contributed by atoms with Crippen molar-refractivity contribution >= 4 is 6.08 Å². The highest BCUT2D eigenvalue weighted by Crippen LogP contribution is 2.41. The maximum absolute atomic E-state index is 9.76. The molecule has 0 amide bonds. The van der Waals surface area contributed by atoms with Gasteiger partial charge in [-0.2, -0.15) is 0 Å². The fraction of sp³-hybridized carbons (Fsp3) is 0.263. The summed E-state index contributed by atoms with van der Waals surface area (Å²) in [6, 6.07) is 10.3. The summed E-state index contributed by atoms with van der Waals surface area (Å²) < 4.78 is 17.1. The van der Waals surface area contributed by atoms with Gasteiger partial charge >= 0.3 is 0 Å². The Labute approximate surface area is 145 Å². The van der Waals surface area contributed by atoms with Crippen molar-refractivity contribution in [3.8, 4) is 23.0 Å². The van der Waals surface area contributed by atoms with Gasteiger partial charge in [0.25, 0.3) is 0 Å². The number of rotatable bonds is 5. The summed E-state index contributed by atoms with van der Waals surface area (Å²) in [5, 5.41) is 28.3. The topological polar surface area (TPSA) is 88.4 Å². The minimum atomic E-state index is -0.583. The Morgan fingerprint density at radius 1 is 1.08 bits per heavy atom. The van der Waals surface area contributed by atoms with E-state index < -0.39 is 12.2 Å². The third-order valence-corrected chi connectivity index (χ3v) is 3.97. The van der Waals surface area contributed by atoms with E-state index in [1.807, 2.05) is 6.07 Å². The van der Waals surface area contributed by atoms with Crippen molar-refractivity contribution in [2.24, 2.45) is 0 Å². The number of hydrogen-bond donors (Lipinski definition) is 3. The molecule has 0 bridgehead atoms. The normalized spacial score (nSPS) is 19.2. The summed E-state index contributed by atoms with van der Waals surface area (Å²) in [6.07, 6.45) is 2.27. The van der Waals surface area contributed by atoms with E-state index in [1.54, 1.807) is 36.4 Å². The van der Waals surface area contributed by atoms with Crippen LogP contribution in [0.2, 0.25) is 0 Å². The lowest BCUT2D eigenvalue weighted by atomic mass is 10.0. The summed E-state index contributed by atoms with van der Waals surface area (Å²) in [5.74, 6) is 1.44. The first-order valence-electron chi connectivity index (χ1n) is 7.88. The zero-order chi connectivity index (χ0) is 17.8. The van der Waals surface area contributed by atoms with Crippen molar-refractivity contribution in [1.82, 2.24) is 0 Å². The fourth-order valence-corrected chi connectivity index (χ4v) is 2.73. The van der Waals surface area contributed by atoms with Crippen molar-refractivity contribution in [3.05, 3.63) is 53.6 Å². The number of phenols is 1. The summed E-state index contributed by atoms with van der Waals surface area (Å²) >= 11 is 0. The smallest absolute Gasteiger partial charge is 0.163 e. The molecular weight excluding hydrogens is 324 g/mol. The van der Waals surface area contributed by atoms with Gasteiger partial charge in [-0.3, -0.25) is 0 Å². The van der Waals surface area contributed by atoms with Crippen LogP contribution in [0.3, 0.4) is 0 Å². The van der Waals surface area contributed by atoms with Gasteiger partial charge in [-0.25, -0.2) is 0 Å². The van der Waals surface area contributed by atoms with Crippen LogP contribution >= 0.6 is 0 Å². The number of aliphatic hydroxyl groups excluding tert-OH is 2. The molecule has 0 aromatic heterocycles. The second-order valence-corrected chi connectivity index (χ2v) is 5.60. The van der Waals surface area contributed by atoms with Gasteiger partial charge in [0.2, 0.25) is 0 Å².